The quantitative estimate of drug-likeness (QED) is 0.232. The lowest BCUT2D eigenvalue weighted by molar-refractivity contribution is -0.141. The fourth-order valence-electron chi connectivity index (χ4n) is 0.713. The van der Waals surface area contributed by atoms with E-state index >= 15 is 0 Å². The molecule has 0 radical (unpaired) electrons. The summed E-state index contributed by atoms with van der Waals surface area (Å²) in [5, 5.41) is 0. The molecule has 0 aromatic heterocycles. The van der Waals surface area contributed by atoms with Crippen molar-refractivity contribution in [2.75, 3.05) is 19.8 Å². The summed E-state index contributed by atoms with van der Waals surface area (Å²) in [5.74, 6) is -0.649. The van der Waals surface area contributed by atoms with E-state index in [1.807, 2.05) is 0 Å². The Bertz CT molecular complexity index is 332. The van der Waals surface area contributed by atoms with Crippen LogP contribution in [-0.2, 0) is 23.9 Å². The molecule has 0 aliphatic carbocycles. The van der Waals surface area contributed by atoms with Crippen molar-refractivity contribution in [2.45, 2.75) is 33.6 Å². The van der Waals surface area contributed by atoms with E-state index in [0.717, 1.165) is 12.8 Å². The number of isocyanates is 1. The highest BCUT2D eigenvalue weighted by atomic mass is 16.5. The average molecular weight is 271 g/mol. The van der Waals surface area contributed by atoms with Crippen LogP contribution in [0.5, 0.6) is 0 Å². The minimum atomic E-state index is -0.467. The first-order chi connectivity index (χ1) is 8.95. The summed E-state index contributed by atoms with van der Waals surface area (Å²) in [6.07, 6.45) is 3.38. The maximum atomic E-state index is 10.6. The van der Waals surface area contributed by atoms with E-state index in [1.165, 1.54) is 13.0 Å². The number of hydrogen-bond acceptors (Lipinski definition) is 6. The van der Waals surface area contributed by atoms with Crippen LogP contribution in [0.3, 0.4) is 0 Å². The number of nitrogens with zero attached hydrogens (tertiary/aromatic N) is 1. The number of hydrogen-bond donors (Lipinski definition) is 0. The van der Waals surface area contributed by atoms with Crippen molar-refractivity contribution in [3.63, 3.8) is 0 Å². The smallest absolute Gasteiger partial charge is 0.333 e. The Balaban J connectivity index is 0. The van der Waals surface area contributed by atoms with Gasteiger partial charge in [0.05, 0.1) is 13.2 Å². The fraction of sp³-hybridized carbons (Fsp3) is 0.615. The largest absolute Gasteiger partial charge is 0.466 e. The summed E-state index contributed by atoms with van der Waals surface area (Å²) in [5.41, 5.74) is 0.333. The standard InChI is InChI=1S/C7H9NO3.C6H12O2/c1-6(2)7(10)11-4-3-8-5-9;1-3-4-5-8-6(2)7/h1,3-4H2,2H3;3-5H2,1-2H3. The molecule has 0 aliphatic rings. The van der Waals surface area contributed by atoms with Gasteiger partial charge in [-0.25, -0.2) is 14.6 Å². The molecular formula is C13H21NO5. The molecule has 0 heterocycles. The van der Waals surface area contributed by atoms with Gasteiger partial charge in [-0.2, -0.15) is 0 Å². The van der Waals surface area contributed by atoms with Gasteiger partial charge in [0.25, 0.3) is 0 Å². The van der Waals surface area contributed by atoms with E-state index < -0.39 is 5.97 Å². The first-order valence-corrected chi connectivity index (χ1v) is 5.95. The summed E-state index contributed by atoms with van der Waals surface area (Å²) >= 11 is 0. The zero-order valence-corrected chi connectivity index (χ0v) is 11.7. The van der Waals surface area contributed by atoms with Crippen molar-refractivity contribution < 1.29 is 23.9 Å². The first kappa shape index (κ1) is 19.4. The Hall–Kier alpha value is -1.94. The molecular weight excluding hydrogens is 250 g/mol. The second kappa shape index (κ2) is 14.1. The second-order valence-corrected chi connectivity index (χ2v) is 3.58. The number of carbonyl (C=O) groups is 2. The zero-order valence-electron chi connectivity index (χ0n) is 11.7. The molecule has 0 amide bonds. The van der Waals surface area contributed by atoms with Gasteiger partial charge < -0.3 is 9.47 Å². The third-order valence-electron chi connectivity index (χ3n) is 1.65. The highest BCUT2D eigenvalue weighted by Crippen LogP contribution is 1.90. The summed E-state index contributed by atoms with van der Waals surface area (Å²) in [4.78, 5) is 33.5. The molecule has 0 N–H and O–H groups in total. The van der Waals surface area contributed by atoms with Crippen molar-refractivity contribution in [1.29, 1.82) is 0 Å². The van der Waals surface area contributed by atoms with Crippen LogP contribution < -0.4 is 0 Å². The molecule has 0 bridgehead atoms. The van der Waals surface area contributed by atoms with E-state index in [4.69, 9.17) is 0 Å². The van der Waals surface area contributed by atoms with Crippen molar-refractivity contribution >= 4 is 18.0 Å². The van der Waals surface area contributed by atoms with Crippen molar-refractivity contribution in [3.05, 3.63) is 12.2 Å². The van der Waals surface area contributed by atoms with Gasteiger partial charge in [-0.1, -0.05) is 19.9 Å². The Morgan fingerprint density at radius 3 is 2.26 bits per heavy atom. The van der Waals surface area contributed by atoms with E-state index in [9.17, 15) is 14.4 Å². The summed E-state index contributed by atoms with van der Waals surface area (Å²) < 4.78 is 9.24. The van der Waals surface area contributed by atoms with Crippen LogP contribution in [-0.4, -0.2) is 37.8 Å². The van der Waals surface area contributed by atoms with Crippen molar-refractivity contribution in [2.24, 2.45) is 4.99 Å². The maximum absolute atomic E-state index is 10.6. The normalized spacial score (nSPS) is 8.37. The van der Waals surface area contributed by atoms with Gasteiger partial charge in [-0.05, 0) is 13.3 Å². The molecule has 0 aliphatic heterocycles. The number of unbranched alkanes of at least 4 members (excludes halogenated alkanes) is 1. The van der Waals surface area contributed by atoms with Crippen LogP contribution in [0.15, 0.2) is 17.1 Å². The van der Waals surface area contributed by atoms with E-state index in [-0.39, 0.29) is 19.1 Å². The Morgan fingerprint density at radius 2 is 1.84 bits per heavy atom. The van der Waals surface area contributed by atoms with Gasteiger partial charge in [0, 0.05) is 12.5 Å². The van der Waals surface area contributed by atoms with Gasteiger partial charge in [0.1, 0.15) is 6.61 Å². The first-order valence-electron chi connectivity index (χ1n) is 5.95. The highest BCUT2D eigenvalue weighted by molar-refractivity contribution is 5.86. The Labute approximate surface area is 113 Å². The molecule has 0 unspecified atom stereocenters. The van der Waals surface area contributed by atoms with Crippen LogP contribution in [0.25, 0.3) is 0 Å². The van der Waals surface area contributed by atoms with Gasteiger partial charge in [0.15, 0.2) is 0 Å². The third-order valence-corrected chi connectivity index (χ3v) is 1.65. The molecule has 0 saturated heterocycles. The molecule has 6 heteroatoms. The molecule has 0 atom stereocenters. The number of ether oxygens (including phenoxy) is 2. The third kappa shape index (κ3) is 18.6. The van der Waals surface area contributed by atoms with Crippen molar-refractivity contribution in [1.82, 2.24) is 0 Å². The molecule has 6 nitrogen and oxygen atoms in total. The predicted octanol–water partition coefficient (Wildman–Crippen LogP) is 1.79. The topological polar surface area (TPSA) is 82.0 Å². The minimum Gasteiger partial charge on any atom is -0.466 e. The Morgan fingerprint density at radius 1 is 1.21 bits per heavy atom. The second-order valence-electron chi connectivity index (χ2n) is 3.58. The summed E-state index contributed by atoms with van der Waals surface area (Å²) in [7, 11) is 0. The molecule has 0 fully saturated rings. The highest BCUT2D eigenvalue weighted by Gasteiger charge is 2.00. The van der Waals surface area contributed by atoms with E-state index in [2.05, 4.69) is 28.0 Å². The average Bonchev–Trinajstić information content (AvgIpc) is 2.35. The van der Waals surface area contributed by atoms with Gasteiger partial charge in [-0.3, -0.25) is 4.79 Å². The molecule has 0 aromatic rings. The SMILES string of the molecule is C=C(C)C(=O)OCCN=C=O.CCCCOC(C)=O. The lowest BCUT2D eigenvalue weighted by atomic mass is 10.4. The predicted molar refractivity (Wildman–Crippen MR) is 70.3 cm³/mol. The van der Waals surface area contributed by atoms with Crippen molar-refractivity contribution in [3.8, 4) is 0 Å². The lowest BCUT2D eigenvalue weighted by Crippen LogP contribution is -2.07. The van der Waals surface area contributed by atoms with Gasteiger partial charge >= 0.3 is 11.9 Å². The number of aliphatic imine (C=N–C) groups is 1. The Kier molecular flexibility index (Phi) is 14.4. The molecule has 0 aromatic carbocycles. The van der Waals surface area contributed by atoms with Crippen LogP contribution in [0, 0.1) is 0 Å². The summed E-state index contributed by atoms with van der Waals surface area (Å²) in [6, 6.07) is 0. The number of rotatable bonds is 7. The van der Waals surface area contributed by atoms with E-state index in [1.54, 1.807) is 6.92 Å². The lowest BCUT2D eigenvalue weighted by Gasteiger charge is -1.99. The molecule has 0 saturated carbocycles. The van der Waals surface area contributed by atoms with Crippen LogP contribution in [0.2, 0.25) is 0 Å². The molecule has 19 heavy (non-hydrogen) atoms. The molecule has 0 rings (SSSR count). The fourth-order valence-corrected chi connectivity index (χ4v) is 0.713. The van der Waals surface area contributed by atoms with Crippen LogP contribution in [0.4, 0.5) is 0 Å². The minimum absolute atomic E-state index is 0.0981. The maximum Gasteiger partial charge on any atom is 0.333 e. The van der Waals surface area contributed by atoms with Crippen LogP contribution >= 0.6 is 0 Å². The zero-order chi connectivity index (χ0) is 15.1. The van der Waals surface area contributed by atoms with Gasteiger partial charge in [0.2, 0.25) is 6.08 Å². The number of carbonyl (C=O) groups excluding carboxylic acids is 3. The van der Waals surface area contributed by atoms with E-state index in [0.29, 0.717) is 12.2 Å². The monoisotopic (exact) mass is 271 g/mol. The molecule has 0 spiro atoms. The van der Waals surface area contributed by atoms with Crippen LogP contribution in [0.1, 0.15) is 33.6 Å². The van der Waals surface area contributed by atoms with Gasteiger partial charge in [-0.15, -0.1) is 0 Å². The number of esters is 2. The molecule has 108 valence electrons. The summed E-state index contributed by atoms with van der Waals surface area (Å²) in [6.45, 7) is 9.23.